The van der Waals surface area contributed by atoms with E-state index in [1.165, 1.54) is 11.3 Å². The van der Waals surface area contributed by atoms with Gasteiger partial charge < -0.3 is 14.5 Å². The maximum absolute atomic E-state index is 13.0. The number of fused-ring (bicyclic) bond motifs is 2. The summed E-state index contributed by atoms with van der Waals surface area (Å²) in [6.07, 6.45) is 2.69. The van der Waals surface area contributed by atoms with Gasteiger partial charge in [-0.05, 0) is 49.8 Å². The number of amides is 1. The molecule has 1 aromatic carbocycles. The van der Waals surface area contributed by atoms with Crippen LogP contribution in [0.4, 0.5) is 5.00 Å². The van der Waals surface area contributed by atoms with Crippen LogP contribution in [0.3, 0.4) is 0 Å². The standard InChI is InChI=1S/C22H22N2O4S/c1-3-27-22(26)18-14-9-8-12(2)10-17(14)29-21(18)24-20(25)15-11-13-6-4-5-7-16(13)28-19(15)23/h4-7,11-12,23H,3,8-10H2,1-2H3,(H,24,25). The molecule has 1 aliphatic rings. The van der Waals surface area contributed by atoms with Gasteiger partial charge in [0.15, 0.2) is 0 Å². The summed E-state index contributed by atoms with van der Waals surface area (Å²) in [6, 6.07) is 8.87. The minimum Gasteiger partial charge on any atom is -0.462 e. The molecule has 1 aliphatic carbocycles. The lowest BCUT2D eigenvalue weighted by molar-refractivity contribution is 0.0526. The number of benzene rings is 1. The Bertz CT molecular complexity index is 1160. The van der Waals surface area contributed by atoms with Gasteiger partial charge in [-0.3, -0.25) is 10.2 Å². The van der Waals surface area contributed by atoms with Crippen molar-refractivity contribution in [3.63, 3.8) is 0 Å². The molecule has 6 nitrogen and oxygen atoms in total. The summed E-state index contributed by atoms with van der Waals surface area (Å²) in [5, 5.41) is 12.2. The Labute approximate surface area is 172 Å². The monoisotopic (exact) mass is 410 g/mol. The third kappa shape index (κ3) is 3.70. The summed E-state index contributed by atoms with van der Waals surface area (Å²) >= 11 is 1.43. The lowest BCUT2D eigenvalue weighted by Crippen LogP contribution is -2.22. The summed E-state index contributed by atoms with van der Waals surface area (Å²) in [4.78, 5) is 26.7. The summed E-state index contributed by atoms with van der Waals surface area (Å²) in [5.74, 6) is -0.343. The van der Waals surface area contributed by atoms with E-state index in [4.69, 9.17) is 14.6 Å². The van der Waals surface area contributed by atoms with Crippen molar-refractivity contribution in [1.82, 2.24) is 0 Å². The van der Waals surface area contributed by atoms with E-state index in [1.807, 2.05) is 18.2 Å². The van der Waals surface area contributed by atoms with Gasteiger partial charge in [-0.15, -0.1) is 11.3 Å². The summed E-state index contributed by atoms with van der Waals surface area (Å²) in [5.41, 5.74) is 1.89. The maximum atomic E-state index is 13.0. The van der Waals surface area contributed by atoms with Crippen molar-refractivity contribution in [2.45, 2.75) is 33.1 Å². The zero-order valence-corrected chi connectivity index (χ0v) is 17.2. The first-order valence-electron chi connectivity index (χ1n) is 9.68. The van der Waals surface area contributed by atoms with Crippen LogP contribution in [-0.2, 0) is 17.6 Å². The minimum atomic E-state index is -0.471. The third-order valence-corrected chi connectivity index (χ3v) is 6.31. The molecule has 0 bridgehead atoms. The van der Waals surface area contributed by atoms with Crippen molar-refractivity contribution in [2.24, 2.45) is 5.92 Å². The fourth-order valence-electron chi connectivity index (χ4n) is 3.68. The predicted molar refractivity (Wildman–Crippen MR) is 111 cm³/mol. The van der Waals surface area contributed by atoms with Gasteiger partial charge in [0, 0.05) is 10.3 Å². The van der Waals surface area contributed by atoms with Crippen molar-refractivity contribution in [1.29, 1.82) is 5.41 Å². The quantitative estimate of drug-likeness (QED) is 0.618. The van der Waals surface area contributed by atoms with E-state index in [-0.39, 0.29) is 17.7 Å². The molecule has 1 amide bonds. The number of para-hydroxylation sites is 1. The number of anilines is 1. The largest absolute Gasteiger partial charge is 0.462 e. The Balaban J connectivity index is 1.72. The Morgan fingerprint density at radius 2 is 2.14 bits per heavy atom. The highest BCUT2D eigenvalue weighted by molar-refractivity contribution is 7.17. The zero-order valence-electron chi connectivity index (χ0n) is 16.3. The molecule has 1 unspecified atom stereocenters. The lowest BCUT2D eigenvalue weighted by Gasteiger charge is -2.18. The van der Waals surface area contributed by atoms with Crippen molar-refractivity contribution in [3.8, 4) is 0 Å². The fourth-order valence-corrected chi connectivity index (χ4v) is 5.07. The van der Waals surface area contributed by atoms with Gasteiger partial charge in [0.1, 0.15) is 16.1 Å². The number of hydrogen-bond acceptors (Lipinski definition) is 6. The highest BCUT2D eigenvalue weighted by Crippen LogP contribution is 2.40. The van der Waals surface area contributed by atoms with Gasteiger partial charge in [0.25, 0.3) is 5.91 Å². The Morgan fingerprint density at radius 3 is 2.93 bits per heavy atom. The number of carbonyl (C=O) groups excluding carboxylic acids is 2. The first-order valence-corrected chi connectivity index (χ1v) is 10.5. The van der Waals surface area contributed by atoms with Gasteiger partial charge >= 0.3 is 5.97 Å². The number of esters is 1. The van der Waals surface area contributed by atoms with E-state index in [2.05, 4.69) is 12.2 Å². The van der Waals surface area contributed by atoms with Crippen LogP contribution in [0.15, 0.2) is 34.7 Å². The van der Waals surface area contributed by atoms with Gasteiger partial charge in [-0.25, -0.2) is 4.79 Å². The topological polar surface area (TPSA) is 92.4 Å². The molecule has 0 saturated carbocycles. The maximum Gasteiger partial charge on any atom is 0.341 e. The van der Waals surface area contributed by atoms with Crippen molar-refractivity contribution >= 4 is 39.2 Å². The molecule has 0 spiro atoms. The number of ether oxygens (including phenoxy) is 1. The molecule has 4 rings (SSSR count). The van der Waals surface area contributed by atoms with Crippen LogP contribution >= 0.6 is 11.3 Å². The minimum absolute atomic E-state index is 0.123. The normalized spacial score (nSPS) is 15.7. The number of rotatable bonds is 4. The number of thiophene rings is 1. The SMILES string of the molecule is CCOC(=O)c1c(NC(=O)c2cc3ccccc3oc2=N)sc2c1CCC(C)C2. The summed E-state index contributed by atoms with van der Waals surface area (Å²) in [6.45, 7) is 4.22. The van der Waals surface area contributed by atoms with Crippen molar-refractivity contribution in [3.05, 3.63) is 57.5 Å². The second-order valence-electron chi connectivity index (χ2n) is 7.26. The summed E-state index contributed by atoms with van der Waals surface area (Å²) < 4.78 is 10.7. The molecule has 0 fully saturated rings. The molecule has 0 saturated heterocycles. The molecule has 1 atom stereocenters. The Morgan fingerprint density at radius 1 is 1.34 bits per heavy atom. The van der Waals surface area contributed by atoms with Crippen LogP contribution in [0, 0.1) is 11.3 Å². The predicted octanol–water partition coefficient (Wildman–Crippen LogP) is 4.53. The van der Waals surface area contributed by atoms with Crippen LogP contribution in [0.25, 0.3) is 11.0 Å². The van der Waals surface area contributed by atoms with Gasteiger partial charge in [0.2, 0.25) is 5.55 Å². The lowest BCUT2D eigenvalue weighted by atomic mass is 9.88. The number of hydrogen-bond donors (Lipinski definition) is 2. The molecule has 3 aromatic rings. The fraction of sp³-hybridized carbons (Fsp3) is 0.318. The molecule has 29 heavy (non-hydrogen) atoms. The average Bonchev–Trinajstić information content (AvgIpc) is 3.04. The highest BCUT2D eigenvalue weighted by atomic mass is 32.1. The van der Waals surface area contributed by atoms with Gasteiger partial charge in [-0.1, -0.05) is 25.1 Å². The van der Waals surface area contributed by atoms with Crippen LogP contribution in [-0.4, -0.2) is 18.5 Å². The van der Waals surface area contributed by atoms with E-state index < -0.39 is 11.9 Å². The number of nitrogens with one attached hydrogen (secondary N) is 2. The van der Waals surface area contributed by atoms with Gasteiger partial charge in [-0.2, -0.15) is 0 Å². The molecule has 0 radical (unpaired) electrons. The van der Waals surface area contributed by atoms with E-state index in [0.29, 0.717) is 22.1 Å². The van der Waals surface area contributed by atoms with E-state index >= 15 is 0 Å². The second-order valence-corrected chi connectivity index (χ2v) is 8.36. The van der Waals surface area contributed by atoms with Gasteiger partial charge in [0.05, 0.1) is 12.2 Å². The highest BCUT2D eigenvalue weighted by Gasteiger charge is 2.29. The van der Waals surface area contributed by atoms with Crippen LogP contribution in [0.1, 0.15) is 51.4 Å². The molecule has 7 heteroatoms. The average molecular weight is 410 g/mol. The molecule has 150 valence electrons. The molecule has 0 aliphatic heterocycles. The molecular weight excluding hydrogens is 388 g/mol. The first kappa shape index (κ1) is 19.4. The van der Waals surface area contributed by atoms with Crippen LogP contribution in [0.5, 0.6) is 0 Å². The van der Waals surface area contributed by atoms with Crippen molar-refractivity contribution in [2.75, 3.05) is 11.9 Å². The molecular formula is C22H22N2O4S. The van der Waals surface area contributed by atoms with E-state index in [1.54, 1.807) is 19.1 Å². The third-order valence-electron chi connectivity index (χ3n) is 5.14. The molecule has 2 N–H and O–H groups in total. The molecule has 2 aromatic heterocycles. The smallest absolute Gasteiger partial charge is 0.341 e. The number of carbonyl (C=O) groups is 2. The van der Waals surface area contributed by atoms with E-state index in [9.17, 15) is 9.59 Å². The van der Waals surface area contributed by atoms with Crippen molar-refractivity contribution < 1.29 is 18.7 Å². The van der Waals surface area contributed by atoms with E-state index in [0.717, 1.165) is 35.1 Å². The first-order chi connectivity index (χ1) is 14.0. The zero-order chi connectivity index (χ0) is 20.5. The Hall–Kier alpha value is -2.93. The Kier molecular flexibility index (Phi) is 5.24. The summed E-state index contributed by atoms with van der Waals surface area (Å²) in [7, 11) is 0. The second kappa shape index (κ2) is 7.83. The van der Waals surface area contributed by atoms with Crippen LogP contribution in [0.2, 0.25) is 0 Å². The molecule has 2 heterocycles. The van der Waals surface area contributed by atoms with Crippen LogP contribution < -0.4 is 10.9 Å².